The van der Waals surface area contributed by atoms with Crippen LogP contribution in [0.25, 0.3) is 5.78 Å². The third-order valence-electron chi connectivity index (χ3n) is 7.43. The summed E-state index contributed by atoms with van der Waals surface area (Å²) in [4.78, 5) is 62.5. The second kappa shape index (κ2) is 12.2. The number of ether oxygens (including phenoxy) is 1. The number of nitrogens with zero attached hydrogens (tertiary/aromatic N) is 7. The number of nitrogens with one attached hydrogen (secondary N) is 2. The van der Waals surface area contributed by atoms with Gasteiger partial charge >= 0.3 is 6.09 Å². The van der Waals surface area contributed by atoms with Gasteiger partial charge in [-0.2, -0.15) is 0 Å². The molecule has 0 bridgehead atoms. The minimum Gasteiger partial charge on any atom is -0.442 e. The lowest BCUT2D eigenvalue weighted by Crippen LogP contribution is -2.54. The first-order chi connectivity index (χ1) is 21.7. The number of anilines is 2. The number of aromatic nitrogens is 4. The van der Waals surface area contributed by atoms with Crippen LogP contribution in [0.5, 0.6) is 0 Å². The number of fused-ring (bicyclic) bond motifs is 1. The van der Waals surface area contributed by atoms with E-state index in [9.17, 15) is 19.2 Å². The van der Waals surface area contributed by atoms with E-state index in [0.29, 0.717) is 5.78 Å². The summed E-state index contributed by atoms with van der Waals surface area (Å²) in [6, 6.07) is 4.28. The van der Waals surface area contributed by atoms with Crippen LogP contribution >= 0.6 is 0 Å². The van der Waals surface area contributed by atoms with Gasteiger partial charge in [-0.3, -0.25) is 23.7 Å². The van der Waals surface area contributed by atoms with Crippen LogP contribution in [0.3, 0.4) is 0 Å². The first kappa shape index (κ1) is 29.5. The predicted molar refractivity (Wildman–Crippen MR) is 152 cm³/mol. The SMILES string of the molecule is C[C@H](NC(=O)c1cn2cccnc2n1)C(=O)N1CCN(c2c(F)cc(N3C[C@H](CNC(=O)c4ccno4)OC3=O)cc2F)CC1. The summed E-state index contributed by atoms with van der Waals surface area (Å²) in [6.07, 6.45) is 4.49. The molecule has 0 unspecified atom stereocenters. The highest BCUT2D eigenvalue weighted by molar-refractivity contribution is 5.96. The van der Waals surface area contributed by atoms with Gasteiger partial charge in [0.1, 0.15) is 23.5 Å². The van der Waals surface area contributed by atoms with Crippen molar-refractivity contribution in [3.8, 4) is 0 Å². The standard InChI is InChI=1S/C28H27F2N9O6/c1-16(34-24(40)21-15-38-6-2-4-31-27(38)35-21)26(42)37-9-7-36(8-10-37)23-19(29)11-17(12-20(23)30)39-14-18(44-28(39)43)13-32-25(41)22-3-5-33-45-22/h2-6,11-12,15-16,18H,7-10,13-14H2,1H3,(H,32,41)(H,34,40)/t16-,18-/m0/s1. The van der Waals surface area contributed by atoms with Crippen LogP contribution in [0, 0.1) is 11.6 Å². The average Bonchev–Trinajstić information content (AvgIpc) is 3.79. The van der Waals surface area contributed by atoms with Gasteiger partial charge in [-0.15, -0.1) is 0 Å². The highest BCUT2D eigenvalue weighted by Gasteiger charge is 2.35. The van der Waals surface area contributed by atoms with Crippen molar-refractivity contribution in [1.82, 2.24) is 35.1 Å². The Balaban J connectivity index is 1.03. The zero-order chi connectivity index (χ0) is 31.7. The van der Waals surface area contributed by atoms with Crippen LogP contribution in [-0.2, 0) is 9.53 Å². The molecule has 1 aromatic carbocycles. The Kier molecular flexibility index (Phi) is 7.97. The van der Waals surface area contributed by atoms with Crippen LogP contribution < -0.4 is 20.4 Å². The molecule has 15 nitrogen and oxygen atoms in total. The number of halogens is 2. The molecule has 6 rings (SSSR count). The van der Waals surface area contributed by atoms with Gasteiger partial charge in [0.15, 0.2) is 11.6 Å². The number of hydrogen-bond donors (Lipinski definition) is 2. The molecule has 3 aromatic heterocycles. The molecule has 4 aromatic rings. The van der Waals surface area contributed by atoms with Crippen molar-refractivity contribution >= 4 is 41.0 Å². The lowest BCUT2D eigenvalue weighted by molar-refractivity contribution is -0.133. The highest BCUT2D eigenvalue weighted by Crippen LogP contribution is 2.31. The maximum atomic E-state index is 15.3. The van der Waals surface area contributed by atoms with Crippen LogP contribution in [-0.4, -0.2) is 99.7 Å². The maximum Gasteiger partial charge on any atom is 0.414 e. The van der Waals surface area contributed by atoms with Crippen molar-refractivity contribution in [3.63, 3.8) is 0 Å². The third-order valence-corrected chi connectivity index (χ3v) is 7.43. The van der Waals surface area contributed by atoms with E-state index in [-0.39, 0.29) is 68.0 Å². The molecule has 2 atom stereocenters. The van der Waals surface area contributed by atoms with Gasteiger partial charge in [0.25, 0.3) is 11.8 Å². The monoisotopic (exact) mass is 623 g/mol. The van der Waals surface area contributed by atoms with E-state index in [4.69, 9.17) is 9.26 Å². The van der Waals surface area contributed by atoms with Crippen molar-refractivity contribution in [3.05, 3.63) is 72.1 Å². The summed E-state index contributed by atoms with van der Waals surface area (Å²) in [5.74, 6) is -2.87. The van der Waals surface area contributed by atoms with Gasteiger partial charge in [0, 0.05) is 63.0 Å². The second-order valence-corrected chi connectivity index (χ2v) is 10.4. The van der Waals surface area contributed by atoms with Gasteiger partial charge in [0.05, 0.1) is 25.0 Å². The van der Waals surface area contributed by atoms with Crippen LogP contribution in [0.1, 0.15) is 28.0 Å². The Morgan fingerprint density at radius 3 is 2.53 bits per heavy atom. The van der Waals surface area contributed by atoms with Gasteiger partial charge < -0.3 is 29.7 Å². The van der Waals surface area contributed by atoms with E-state index < -0.39 is 41.7 Å². The number of carbonyl (C=O) groups excluding carboxylic acids is 4. The number of hydrogen-bond acceptors (Lipinski definition) is 10. The molecule has 2 fully saturated rings. The molecule has 4 amide bonds. The minimum absolute atomic E-state index is 0.0141. The van der Waals surface area contributed by atoms with E-state index in [2.05, 4.69) is 25.8 Å². The summed E-state index contributed by atoms with van der Waals surface area (Å²) in [5.41, 5.74) is -0.210. The maximum absolute atomic E-state index is 15.3. The summed E-state index contributed by atoms with van der Waals surface area (Å²) in [5, 5.41) is 8.63. The first-order valence-corrected chi connectivity index (χ1v) is 14.0. The quantitative estimate of drug-likeness (QED) is 0.291. The van der Waals surface area contributed by atoms with Crippen molar-refractivity contribution in [2.75, 3.05) is 49.1 Å². The fourth-order valence-corrected chi connectivity index (χ4v) is 5.17. The fraction of sp³-hybridized carbons (Fsp3) is 0.321. The van der Waals surface area contributed by atoms with Gasteiger partial charge in [0.2, 0.25) is 17.4 Å². The van der Waals surface area contributed by atoms with Gasteiger partial charge in [-0.05, 0) is 13.0 Å². The highest BCUT2D eigenvalue weighted by atomic mass is 19.1. The first-order valence-electron chi connectivity index (χ1n) is 14.0. The molecular formula is C28H27F2N9O6. The van der Waals surface area contributed by atoms with Crippen LogP contribution in [0.4, 0.5) is 25.0 Å². The predicted octanol–water partition coefficient (Wildman–Crippen LogP) is 1.22. The molecule has 0 spiro atoms. The Morgan fingerprint density at radius 2 is 1.84 bits per heavy atom. The Bertz CT molecular complexity index is 1700. The molecule has 2 saturated heterocycles. The zero-order valence-corrected chi connectivity index (χ0v) is 23.9. The Labute approximate surface area is 253 Å². The van der Waals surface area contributed by atoms with Crippen LogP contribution in [0.15, 0.2) is 53.6 Å². The smallest absolute Gasteiger partial charge is 0.414 e. The third kappa shape index (κ3) is 6.09. The molecule has 2 aliphatic rings. The summed E-state index contributed by atoms with van der Waals surface area (Å²) in [6.45, 7) is 2.06. The Morgan fingerprint density at radius 1 is 1.09 bits per heavy atom. The molecule has 5 heterocycles. The number of imidazole rings is 1. The number of rotatable bonds is 8. The molecule has 17 heteroatoms. The molecule has 45 heavy (non-hydrogen) atoms. The van der Waals surface area contributed by atoms with Crippen molar-refractivity contribution in [2.45, 2.75) is 19.1 Å². The molecule has 0 aliphatic carbocycles. The lowest BCUT2D eigenvalue weighted by Gasteiger charge is -2.37. The van der Waals surface area contributed by atoms with E-state index in [0.717, 1.165) is 17.0 Å². The van der Waals surface area contributed by atoms with E-state index in [1.54, 1.807) is 29.8 Å². The molecule has 2 aliphatic heterocycles. The van der Waals surface area contributed by atoms with Crippen LogP contribution in [0.2, 0.25) is 0 Å². The van der Waals surface area contributed by atoms with E-state index in [1.165, 1.54) is 28.3 Å². The lowest BCUT2D eigenvalue weighted by atomic mass is 10.1. The number of carbonyl (C=O) groups is 4. The van der Waals surface area contributed by atoms with E-state index >= 15 is 8.78 Å². The molecule has 2 N–H and O–H groups in total. The molecule has 0 radical (unpaired) electrons. The van der Waals surface area contributed by atoms with Gasteiger partial charge in [-0.1, -0.05) is 5.16 Å². The zero-order valence-electron chi connectivity index (χ0n) is 23.9. The minimum atomic E-state index is -0.887. The largest absolute Gasteiger partial charge is 0.442 e. The summed E-state index contributed by atoms with van der Waals surface area (Å²) in [7, 11) is 0. The number of benzene rings is 1. The van der Waals surface area contributed by atoms with Gasteiger partial charge in [-0.25, -0.2) is 23.5 Å². The molecular weight excluding hydrogens is 596 g/mol. The van der Waals surface area contributed by atoms with Crippen molar-refractivity contribution in [1.29, 1.82) is 0 Å². The molecule has 0 saturated carbocycles. The van der Waals surface area contributed by atoms with E-state index in [1.807, 2.05) is 0 Å². The summed E-state index contributed by atoms with van der Waals surface area (Å²) >= 11 is 0. The molecule has 234 valence electrons. The second-order valence-electron chi connectivity index (χ2n) is 10.4. The fourth-order valence-electron chi connectivity index (χ4n) is 5.17. The number of cyclic esters (lactones) is 1. The number of amides is 4. The Hall–Kier alpha value is -5.61. The number of piperazine rings is 1. The summed E-state index contributed by atoms with van der Waals surface area (Å²) < 4.78 is 42.1. The topological polar surface area (TPSA) is 168 Å². The van der Waals surface area contributed by atoms with Crippen molar-refractivity contribution < 1.29 is 37.2 Å². The average molecular weight is 624 g/mol. The normalized spacial score (nSPS) is 17.4. The van der Waals surface area contributed by atoms with Crippen molar-refractivity contribution in [2.24, 2.45) is 0 Å².